The summed E-state index contributed by atoms with van der Waals surface area (Å²) in [5.74, 6) is -0.538. The third kappa shape index (κ3) is 39.4. The van der Waals surface area contributed by atoms with Gasteiger partial charge in [0.2, 0.25) is 5.91 Å². The minimum atomic E-state index is -4.42. The van der Waals surface area contributed by atoms with Crippen LogP contribution >= 0.6 is 7.82 Å². The van der Waals surface area contributed by atoms with E-state index in [9.17, 15) is 24.2 Å². The van der Waals surface area contributed by atoms with E-state index in [1.54, 1.807) is 0 Å². The molecular weight excluding hydrogens is 677 g/mol. The van der Waals surface area contributed by atoms with Crippen LogP contribution in [0.15, 0.2) is 36.5 Å². The number of phosphoric acid groups is 1. The van der Waals surface area contributed by atoms with Crippen LogP contribution in [0.3, 0.4) is 0 Å². The number of amides is 1. The van der Waals surface area contributed by atoms with E-state index in [1.165, 1.54) is 77.0 Å². The van der Waals surface area contributed by atoms with Gasteiger partial charge in [0.15, 0.2) is 0 Å². The van der Waals surface area contributed by atoms with Gasteiger partial charge in [-0.15, -0.1) is 0 Å². The first-order chi connectivity index (χ1) is 25.3. The molecule has 2 atom stereocenters. The lowest BCUT2D eigenvalue weighted by Gasteiger charge is -2.15. The molecule has 0 aliphatic rings. The van der Waals surface area contributed by atoms with E-state index in [-0.39, 0.29) is 32.1 Å². The van der Waals surface area contributed by atoms with Gasteiger partial charge in [0.05, 0.1) is 13.2 Å². The van der Waals surface area contributed by atoms with Gasteiger partial charge < -0.3 is 20.1 Å². The molecule has 0 fully saturated rings. The van der Waals surface area contributed by atoms with Crippen molar-refractivity contribution < 1.29 is 37.9 Å². The largest absolute Gasteiger partial charge is 0.472 e. The van der Waals surface area contributed by atoms with Gasteiger partial charge in [-0.2, -0.15) is 0 Å². The number of ether oxygens (including phenoxy) is 1. The van der Waals surface area contributed by atoms with Gasteiger partial charge in [0, 0.05) is 19.4 Å². The average molecular weight is 756 g/mol. The van der Waals surface area contributed by atoms with Crippen molar-refractivity contribution in [2.45, 2.75) is 193 Å². The first-order valence-corrected chi connectivity index (χ1v) is 22.5. The number of carbonyl (C=O) groups is 2. The van der Waals surface area contributed by atoms with Crippen LogP contribution in [0.1, 0.15) is 187 Å². The summed E-state index contributed by atoms with van der Waals surface area (Å²) in [7, 11) is -4.42. The molecule has 10 heteroatoms. The summed E-state index contributed by atoms with van der Waals surface area (Å²) in [6.07, 6.45) is 42.1. The second-order valence-electron chi connectivity index (χ2n) is 14.0. The maximum atomic E-state index is 12.1. The fourth-order valence-electron chi connectivity index (χ4n) is 5.58. The Kier molecular flexibility index (Phi) is 37.6. The lowest BCUT2D eigenvalue weighted by atomic mass is 10.1. The van der Waals surface area contributed by atoms with Crippen molar-refractivity contribution in [3.63, 3.8) is 0 Å². The molecule has 0 aliphatic carbocycles. The predicted octanol–water partition coefficient (Wildman–Crippen LogP) is 11.4. The molecule has 304 valence electrons. The quantitative estimate of drug-likeness (QED) is 0.0244. The molecule has 0 aromatic rings. The summed E-state index contributed by atoms with van der Waals surface area (Å²) < 4.78 is 26.8. The van der Waals surface area contributed by atoms with E-state index in [0.717, 1.165) is 83.5 Å². The van der Waals surface area contributed by atoms with Crippen LogP contribution in [0.5, 0.6) is 0 Å². The number of hydrogen-bond acceptors (Lipinski definition) is 7. The van der Waals surface area contributed by atoms with E-state index in [4.69, 9.17) is 13.8 Å². The lowest BCUT2D eigenvalue weighted by molar-refractivity contribution is -0.147. The van der Waals surface area contributed by atoms with Crippen LogP contribution < -0.4 is 5.32 Å². The maximum Gasteiger partial charge on any atom is 0.472 e. The summed E-state index contributed by atoms with van der Waals surface area (Å²) in [4.78, 5) is 33.8. The summed E-state index contributed by atoms with van der Waals surface area (Å²) in [5.41, 5.74) is 0. The number of aliphatic hydroxyl groups excluding tert-OH is 1. The molecule has 0 saturated heterocycles. The molecule has 1 amide bonds. The number of allylic oxidation sites excluding steroid dienone is 6. The highest BCUT2D eigenvalue weighted by Crippen LogP contribution is 2.42. The fraction of sp³-hybridized carbons (Fsp3) is 0.810. The van der Waals surface area contributed by atoms with Crippen LogP contribution in [-0.2, 0) is 27.9 Å². The summed E-state index contributed by atoms with van der Waals surface area (Å²) in [5, 5.41) is 12.7. The lowest BCUT2D eigenvalue weighted by Crippen LogP contribution is -2.27. The Balaban J connectivity index is 3.64. The number of rotatable bonds is 39. The van der Waals surface area contributed by atoms with Gasteiger partial charge in [-0.1, -0.05) is 140 Å². The number of esters is 1. The summed E-state index contributed by atoms with van der Waals surface area (Å²) in [6, 6.07) is 0. The van der Waals surface area contributed by atoms with Crippen molar-refractivity contribution in [2.24, 2.45) is 0 Å². The highest BCUT2D eigenvalue weighted by atomic mass is 31.2. The third-order valence-electron chi connectivity index (χ3n) is 8.79. The zero-order valence-corrected chi connectivity index (χ0v) is 34.1. The Bertz CT molecular complexity index is 954. The van der Waals surface area contributed by atoms with Crippen LogP contribution in [-0.4, -0.2) is 54.3 Å². The molecular formula is C42H78NO8P. The van der Waals surface area contributed by atoms with E-state index in [1.807, 2.05) is 0 Å². The monoisotopic (exact) mass is 756 g/mol. The molecule has 0 aromatic carbocycles. The predicted molar refractivity (Wildman–Crippen MR) is 215 cm³/mol. The Hall–Kier alpha value is -1.77. The van der Waals surface area contributed by atoms with E-state index < -0.39 is 26.5 Å². The minimum Gasteiger partial charge on any atom is -0.463 e. The van der Waals surface area contributed by atoms with Crippen molar-refractivity contribution in [1.82, 2.24) is 5.32 Å². The number of hydrogen-bond donors (Lipinski definition) is 3. The Morgan fingerprint density at radius 1 is 0.596 bits per heavy atom. The van der Waals surface area contributed by atoms with Crippen LogP contribution in [0, 0.1) is 0 Å². The maximum absolute atomic E-state index is 12.1. The molecule has 52 heavy (non-hydrogen) atoms. The summed E-state index contributed by atoms with van der Waals surface area (Å²) >= 11 is 0. The van der Waals surface area contributed by atoms with Crippen molar-refractivity contribution >= 4 is 19.7 Å². The SMILES string of the molecule is CCCCC/C=C\C/C=C\CCCCCCCC(=O)NCCOP(=O)(O)OCC(O)COC(=O)CCCCCCC/C=C\CCCCCCCCC. The van der Waals surface area contributed by atoms with Crippen molar-refractivity contribution in [1.29, 1.82) is 0 Å². The van der Waals surface area contributed by atoms with Gasteiger partial charge in [-0.05, 0) is 70.6 Å². The number of unbranched alkanes of at least 4 members (excludes halogenated alkanes) is 20. The van der Waals surface area contributed by atoms with Gasteiger partial charge in [0.1, 0.15) is 12.7 Å². The van der Waals surface area contributed by atoms with Crippen molar-refractivity contribution in [3.05, 3.63) is 36.5 Å². The molecule has 0 saturated carbocycles. The fourth-order valence-corrected chi connectivity index (χ4v) is 6.34. The third-order valence-corrected chi connectivity index (χ3v) is 9.78. The van der Waals surface area contributed by atoms with E-state index >= 15 is 0 Å². The molecule has 0 aromatic heterocycles. The highest BCUT2D eigenvalue weighted by Gasteiger charge is 2.23. The molecule has 2 unspecified atom stereocenters. The first kappa shape index (κ1) is 50.2. The molecule has 0 spiro atoms. The molecule has 9 nitrogen and oxygen atoms in total. The van der Waals surface area contributed by atoms with Gasteiger partial charge in [-0.25, -0.2) is 4.57 Å². The second kappa shape index (κ2) is 38.9. The molecule has 0 bridgehead atoms. The van der Waals surface area contributed by atoms with Crippen LogP contribution in [0.4, 0.5) is 0 Å². The van der Waals surface area contributed by atoms with Crippen molar-refractivity contribution in [3.8, 4) is 0 Å². The number of nitrogens with one attached hydrogen (secondary N) is 1. The Morgan fingerprint density at radius 3 is 1.60 bits per heavy atom. The molecule has 0 radical (unpaired) electrons. The van der Waals surface area contributed by atoms with Gasteiger partial charge >= 0.3 is 13.8 Å². The van der Waals surface area contributed by atoms with Crippen LogP contribution in [0.2, 0.25) is 0 Å². The molecule has 0 heterocycles. The molecule has 0 rings (SSSR count). The normalized spacial score (nSPS) is 13.7. The Morgan fingerprint density at radius 2 is 1.04 bits per heavy atom. The van der Waals surface area contributed by atoms with Crippen LogP contribution in [0.25, 0.3) is 0 Å². The van der Waals surface area contributed by atoms with Crippen molar-refractivity contribution in [2.75, 3.05) is 26.4 Å². The smallest absolute Gasteiger partial charge is 0.463 e. The second-order valence-corrected chi connectivity index (χ2v) is 15.4. The number of aliphatic hydroxyl groups is 1. The van der Waals surface area contributed by atoms with Gasteiger partial charge in [-0.3, -0.25) is 18.6 Å². The molecule has 3 N–H and O–H groups in total. The number of phosphoric ester groups is 1. The Labute approximate surface area is 318 Å². The van der Waals surface area contributed by atoms with Gasteiger partial charge in [0.25, 0.3) is 0 Å². The standard InChI is InChI=1S/C42H78NO8P/c1-3-5-7-9-11-13-15-17-19-21-23-25-27-29-31-33-35-42(46)49-38-40(44)39-51-52(47,48)50-37-36-43-41(45)34-32-30-28-26-24-22-20-18-16-14-12-10-8-6-4-2/h12,14,18-21,40,44H,3-11,13,15-17,22-39H2,1-2H3,(H,43,45)(H,47,48)/b14-12-,20-18-,21-19-. The highest BCUT2D eigenvalue weighted by molar-refractivity contribution is 7.47. The summed E-state index contributed by atoms with van der Waals surface area (Å²) in [6.45, 7) is 3.50. The number of carbonyl (C=O) groups excluding carboxylic acids is 2. The first-order valence-electron chi connectivity index (χ1n) is 21.0. The topological polar surface area (TPSA) is 131 Å². The minimum absolute atomic E-state index is 0.0730. The average Bonchev–Trinajstić information content (AvgIpc) is 3.13. The molecule has 0 aliphatic heterocycles. The zero-order chi connectivity index (χ0) is 38.2. The van der Waals surface area contributed by atoms with E-state index in [0.29, 0.717) is 6.42 Å². The zero-order valence-electron chi connectivity index (χ0n) is 33.3. The van der Waals surface area contributed by atoms with E-state index in [2.05, 4.69) is 55.6 Å².